The van der Waals surface area contributed by atoms with Crippen LogP contribution in [-0.4, -0.2) is 18.5 Å². The van der Waals surface area contributed by atoms with Gasteiger partial charge in [-0.1, -0.05) is 35.7 Å². The number of nitrogens with one attached hydrogen (secondary N) is 1. The lowest BCUT2D eigenvalue weighted by atomic mass is 10.2. The molecule has 5 nitrogen and oxygen atoms in total. The maximum Gasteiger partial charge on any atom is 0.312 e. The second kappa shape index (κ2) is 9.47. The summed E-state index contributed by atoms with van der Waals surface area (Å²) in [6.45, 7) is 0.656. The summed E-state index contributed by atoms with van der Waals surface area (Å²) in [5.74, 6) is -0.274. The average Bonchev–Trinajstić information content (AvgIpc) is 2.41. The molecule has 1 aromatic rings. The van der Waals surface area contributed by atoms with Crippen LogP contribution in [0.4, 0.5) is 4.79 Å². The molecule has 0 spiro atoms. The number of hydrogen-bond donors (Lipinski definition) is 2. The first-order chi connectivity index (χ1) is 9.99. The number of unbranched alkanes of at least 4 members (excludes halogenated alkanes) is 2. The predicted octanol–water partition coefficient (Wildman–Crippen LogP) is 3.27. The van der Waals surface area contributed by atoms with E-state index in [4.69, 9.17) is 33.7 Å². The van der Waals surface area contributed by atoms with Gasteiger partial charge in [-0.3, -0.25) is 4.79 Å². The smallest absolute Gasteiger partial charge is 0.312 e. The van der Waals surface area contributed by atoms with Gasteiger partial charge in [0.25, 0.3) is 0 Å². The zero-order valence-electron chi connectivity index (χ0n) is 11.5. The van der Waals surface area contributed by atoms with E-state index in [1.165, 1.54) is 0 Å². The second-order valence-electron chi connectivity index (χ2n) is 4.50. The van der Waals surface area contributed by atoms with Gasteiger partial charge in [0.05, 0.1) is 0 Å². The number of urea groups is 1. The van der Waals surface area contributed by atoms with Crippen LogP contribution < -0.4 is 11.1 Å². The van der Waals surface area contributed by atoms with E-state index in [0.717, 1.165) is 18.4 Å². The average molecular weight is 333 g/mol. The summed E-state index contributed by atoms with van der Waals surface area (Å²) < 4.78 is 5.14. The molecule has 0 aliphatic heterocycles. The van der Waals surface area contributed by atoms with Crippen molar-refractivity contribution in [2.75, 3.05) is 6.54 Å². The van der Waals surface area contributed by atoms with Gasteiger partial charge >= 0.3 is 12.0 Å². The highest BCUT2D eigenvalue weighted by Gasteiger charge is 2.06. The van der Waals surface area contributed by atoms with E-state index in [1.807, 2.05) is 0 Å². The Kier molecular flexibility index (Phi) is 7.93. The third-order valence-electron chi connectivity index (χ3n) is 2.76. The number of nitrogens with two attached hydrogens (primary N) is 1. The van der Waals surface area contributed by atoms with Crippen molar-refractivity contribution in [3.63, 3.8) is 0 Å². The fraction of sp³-hybridized carbons (Fsp3) is 0.429. The topological polar surface area (TPSA) is 81.4 Å². The Morgan fingerprint density at radius 1 is 1.19 bits per heavy atom. The molecular formula is C14H18Cl2N2O3. The summed E-state index contributed by atoms with van der Waals surface area (Å²) in [6.07, 6.45) is 2.63. The highest BCUT2D eigenvalue weighted by Crippen LogP contribution is 2.21. The van der Waals surface area contributed by atoms with Gasteiger partial charge in [0, 0.05) is 28.6 Å². The van der Waals surface area contributed by atoms with Crippen LogP contribution in [0.5, 0.6) is 0 Å². The fourth-order valence-electron chi connectivity index (χ4n) is 1.65. The summed E-state index contributed by atoms with van der Waals surface area (Å²) >= 11 is 11.8. The molecule has 1 aromatic carbocycles. The van der Waals surface area contributed by atoms with Crippen molar-refractivity contribution in [1.82, 2.24) is 5.32 Å². The summed E-state index contributed by atoms with van der Waals surface area (Å²) in [5.41, 5.74) is 5.65. The molecule has 0 atom stereocenters. The minimum atomic E-state index is -0.533. The fourth-order valence-corrected chi connectivity index (χ4v) is 2.11. The number of amides is 2. The van der Waals surface area contributed by atoms with Crippen LogP contribution in [0, 0.1) is 0 Å². The van der Waals surface area contributed by atoms with Crippen LogP contribution in [0.1, 0.15) is 31.2 Å². The SMILES string of the molecule is NC(=O)NCCCCCC(=O)OCc1ccc(Cl)cc1Cl. The second-order valence-corrected chi connectivity index (χ2v) is 5.34. The molecule has 0 aliphatic carbocycles. The van der Waals surface area contributed by atoms with Crippen molar-refractivity contribution >= 4 is 35.2 Å². The van der Waals surface area contributed by atoms with Crippen molar-refractivity contribution < 1.29 is 14.3 Å². The molecule has 0 heterocycles. The van der Waals surface area contributed by atoms with E-state index >= 15 is 0 Å². The van der Waals surface area contributed by atoms with Gasteiger partial charge in [-0.05, 0) is 25.0 Å². The first-order valence-corrected chi connectivity index (χ1v) is 7.37. The maximum absolute atomic E-state index is 11.6. The number of carbonyl (C=O) groups is 2. The van der Waals surface area contributed by atoms with Crippen molar-refractivity contribution in [1.29, 1.82) is 0 Å². The number of ether oxygens (including phenoxy) is 1. The monoisotopic (exact) mass is 332 g/mol. The van der Waals surface area contributed by atoms with Gasteiger partial charge in [0.1, 0.15) is 6.61 Å². The Labute approximate surface area is 133 Å². The van der Waals surface area contributed by atoms with Gasteiger partial charge in [0.15, 0.2) is 0 Å². The highest BCUT2D eigenvalue weighted by molar-refractivity contribution is 6.35. The maximum atomic E-state index is 11.6. The van der Waals surface area contributed by atoms with E-state index in [-0.39, 0.29) is 12.6 Å². The van der Waals surface area contributed by atoms with Crippen molar-refractivity contribution in [2.45, 2.75) is 32.3 Å². The number of rotatable bonds is 8. The van der Waals surface area contributed by atoms with E-state index in [9.17, 15) is 9.59 Å². The molecule has 0 radical (unpaired) electrons. The Morgan fingerprint density at radius 2 is 1.95 bits per heavy atom. The van der Waals surface area contributed by atoms with Crippen LogP contribution in [0.15, 0.2) is 18.2 Å². The molecule has 1 rings (SSSR count). The molecule has 0 aliphatic rings. The Hall–Kier alpha value is -1.46. The van der Waals surface area contributed by atoms with Crippen LogP contribution >= 0.6 is 23.2 Å². The molecule has 3 N–H and O–H groups in total. The van der Waals surface area contributed by atoms with Crippen molar-refractivity contribution in [3.8, 4) is 0 Å². The molecule has 2 amide bonds. The van der Waals surface area contributed by atoms with Crippen LogP contribution in [0.2, 0.25) is 10.0 Å². The third kappa shape index (κ3) is 7.78. The third-order valence-corrected chi connectivity index (χ3v) is 3.35. The number of halogens is 2. The summed E-state index contributed by atoms with van der Waals surface area (Å²) in [6, 6.07) is 4.50. The molecule has 0 bridgehead atoms. The standard InChI is InChI=1S/C14H18Cl2N2O3/c15-11-6-5-10(12(16)8-11)9-21-13(19)4-2-1-3-7-18-14(17)20/h5-6,8H,1-4,7,9H2,(H3,17,18,20). The van der Waals surface area contributed by atoms with Gasteiger partial charge < -0.3 is 15.8 Å². The molecule has 116 valence electrons. The van der Waals surface area contributed by atoms with Crippen LogP contribution in [-0.2, 0) is 16.1 Å². The molecule has 0 unspecified atom stereocenters. The minimum absolute atomic E-state index is 0.137. The molecule has 0 fully saturated rings. The molecular weight excluding hydrogens is 315 g/mol. The number of primary amides is 1. The lowest BCUT2D eigenvalue weighted by Crippen LogP contribution is -2.29. The Balaban J connectivity index is 2.15. The summed E-state index contributed by atoms with van der Waals surface area (Å²) in [4.78, 5) is 22.0. The molecule has 0 saturated carbocycles. The molecule has 21 heavy (non-hydrogen) atoms. The van der Waals surface area contributed by atoms with Crippen LogP contribution in [0.3, 0.4) is 0 Å². The highest BCUT2D eigenvalue weighted by atomic mass is 35.5. The quantitative estimate of drug-likeness (QED) is 0.566. The lowest BCUT2D eigenvalue weighted by Gasteiger charge is -2.07. The van der Waals surface area contributed by atoms with Crippen LogP contribution in [0.25, 0.3) is 0 Å². The zero-order chi connectivity index (χ0) is 15.7. The number of hydrogen-bond acceptors (Lipinski definition) is 3. The predicted molar refractivity (Wildman–Crippen MR) is 82.3 cm³/mol. The Morgan fingerprint density at radius 3 is 2.62 bits per heavy atom. The molecule has 0 aromatic heterocycles. The van der Waals surface area contributed by atoms with Gasteiger partial charge in [0.2, 0.25) is 0 Å². The summed E-state index contributed by atoms with van der Waals surface area (Å²) in [5, 5.41) is 3.51. The lowest BCUT2D eigenvalue weighted by molar-refractivity contribution is -0.145. The van der Waals surface area contributed by atoms with Crippen molar-refractivity contribution in [2.24, 2.45) is 5.73 Å². The zero-order valence-corrected chi connectivity index (χ0v) is 13.0. The minimum Gasteiger partial charge on any atom is -0.461 e. The number of benzene rings is 1. The van der Waals surface area contributed by atoms with E-state index < -0.39 is 6.03 Å². The largest absolute Gasteiger partial charge is 0.461 e. The van der Waals surface area contributed by atoms with E-state index in [0.29, 0.717) is 29.4 Å². The number of esters is 1. The first-order valence-electron chi connectivity index (χ1n) is 6.62. The Bertz CT molecular complexity index is 495. The molecule has 7 heteroatoms. The molecule has 0 saturated heterocycles. The first kappa shape index (κ1) is 17.6. The van der Waals surface area contributed by atoms with E-state index in [2.05, 4.69) is 5.32 Å². The van der Waals surface area contributed by atoms with Gasteiger partial charge in [-0.15, -0.1) is 0 Å². The van der Waals surface area contributed by atoms with E-state index in [1.54, 1.807) is 18.2 Å². The van der Waals surface area contributed by atoms with Crippen molar-refractivity contribution in [3.05, 3.63) is 33.8 Å². The van der Waals surface area contributed by atoms with Gasteiger partial charge in [-0.25, -0.2) is 4.79 Å². The summed E-state index contributed by atoms with van der Waals surface area (Å²) in [7, 11) is 0. The van der Waals surface area contributed by atoms with Gasteiger partial charge in [-0.2, -0.15) is 0 Å². The normalized spacial score (nSPS) is 10.2. The number of carbonyl (C=O) groups excluding carboxylic acids is 2.